The van der Waals surface area contributed by atoms with Crippen LogP contribution in [0.5, 0.6) is 0 Å². The van der Waals surface area contributed by atoms with Gasteiger partial charge in [-0.2, -0.15) is 0 Å². The Hall–Kier alpha value is -2.31. The van der Waals surface area contributed by atoms with Crippen LogP contribution in [0.2, 0.25) is 0 Å². The average Bonchev–Trinajstić information content (AvgIpc) is 2.13. The first-order chi connectivity index (χ1) is 7.31. The highest BCUT2D eigenvalue weighted by molar-refractivity contribution is 5.89. The molecule has 0 radical (unpaired) electrons. The fraction of sp³-hybridized carbons (Fsp3) is 0.222. The largest absolute Gasteiger partial charge is 0.452 e. The van der Waals surface area contributed by atoms with Crippen LogP contribution in [0.1, 0.15) is 6.92 Å². The van der Waals surface area contributed by atoms with Gasteiger partial charge in [-0.1, -0.05) is 13.2 Å². The van der Waals surface area contributed by atoms with Gasteiger partial charge in [0.15, 0.2) is 6.61 Å². The molecule has 90 valence electrons. The molecule has 0 aromatic heterocycles. The van der Waals surface area contributed by atoms with Crippen LogP contribution >= 0.6 is 0 Å². The van der Waals surface area contributed by atoms with Crippen molar-refractivity contribution in [1.29, 1.82) is 0 Å². The quantitative estimate of drug-likeness (QED) is 0.439. The molecule has 0 aliphatic carbocycles. The van der Waals surface area contributed by atoms with Crippen molar-refractivity contribution in [3.63, 3.8) is 0 Å². The van der Waals surface area contributed by atoms with Crippen LogP contribution in [0.3, 0.4) is 0 Å². The van der Waals surface area contributed by atoms with E-state index in [0.29, 0.717) is 0 Å². The van der Waals surface area contributed by atoms with Gasteiger partial charge in [0.05, 0.1) is 0 Å². The Balaban J connectivity index is 0. The number of nitrogens with two attached hydrogens (primary N) is 2. The Labute approximate surface area is 93.1 Å². The summed E-state index contributed by atoms with van der Waals surface area (Å²) >= 11 is 0. The second-order valence-electron chi connectivity index (χ2n) is 2.53. The summed E-state index contributed by atoms with van der Waals surface area (Å²) in [5.41, 5.74) is 8.77. The molecule has 0 aliphatic rings. The van der Waals surface area contributed by atoms with Crippen LogP contribution in [0.4, 0.5) is 4.79 Å². The van der Waals surface area contributed by atoms with Crippen molar-refractivity contribution in [1.82, 2.24) is 5.32 Å². The molecule has 0 bridgehead atoms. The van der Waals surface area contributed by atoms with E-state index in [1.807, 2.05) is 0 Å². The van der Waals surface area contributed by atoms with Crippen molar-refractivity contribution in [2.75, 3.05) is 6.61 Å². The highest BCUT2D eigenvalue weighted by atomic mass is 16.5. The van der Waals surface area contributed by atoms with Crippen molar-refractivity contribution in [2.24, 2.45) is 11.5 Å². The maximum Gasteiger partial charge on any atom is 0.333 e. The molecule has 7 nitrogen and oxygen atoms in total. The fourth-order valence-corrected chi connectivity index (χ4v) is 0.410. The molecule has 0 unspecified atom stereocenters. The third-order valence-corrected chi connectivity index (χ3v) is 0.946. The van der Waals surface area contributed by atoms with E-state index in [1.165, 1.54) is 13.1 Å². The molecule has 3 amide bonds. The van der Waals surface area contributed by atoms with E-state index in [2.05, 4.69) is 34.7 Å². The molecule has 0 atom stereocenters. The maximum atomic E-state index is 10.7. The number of primary amides is 2. The number of hydrogen-bond acceptors (Lipinski definition) is 4. The standard InChI is InChI=1S/C8H11NO3.CH4N2O/c1-4-9-7(10)5-12-8(11)6(2)3;2-1(3)4/h4H,1-2,5H2,3H3,(H,9,10);(H4,2,3,4). The Morgan fingerprint density at radius 1 is 1.38 bits per heavy atom. The average molecular weight is 229 g/mol. The molecule has 0 heterocycles. The summed E-state index contributed by atoms with van der Waals surface area (Å²) in [5.74, 6) is -0.992. The summed E-state index contributed by atoms with van der Waals surface area (Å²) in [5, 5.41) is 2.26. The first-order valence-corrected chi connectivity index (χ1v) is 4.09. The molecule has 0 fully saturated rings. The van der Waals surface area contributed by atoms with Gasteiger partial charge in [0, 0.05) is 5.57 Å². The molecule has 0 aliphatic heterocycles. The smallest absolute Gasteiger partial charge is 0.333 e. The van der Waals surface area contributed by atoms with Gasteiger partial charge < -0.3 is 21.5 Å². The summed E-state index contributed by atoms with van der Waals surface area (Å²) in [6, 6.07) is -0.833. The van der Waals surface area contributed by atoms with Crippen molar-refractivity contribution in [3.05, 3.63) is 24.9 Å². The van der Waals surface area contributed by atoms with Gasteiger partial charge in [-0.25, -0.2) is 9.59 Å². The van der Waals surface area contributed by atoms with Gasteiger partial charge in [0.2, 0.25) is 0 Å². The normalized spacial score (nSPS) is 7.81. The number of ether oxygens (including phenoxy) is 1. The monoisotopic (exact) mass is 229 g/mol. The van der Waals surface area contributed by atoms with E-state index in [-0.39, 0.29) is 12.2 Å². The van der Waals surface area contributed by atoms with Gasteiger partial charge in [-0.15, -0.1) is 0 Å². The minimum Gasteiger partial charge on any atom is -0.452 e. The van der Waals surface area contributed by atoms with E-state index in [4.69, 9.17) is 4.79 Å². The fourth-order valence-electron chi connectivity index (χ4n) is 0.410. The second kappa shape index (κ2) is 9.25. The maximum absolute atomic E-state index is 10.7. The third kappa shape index (κ3) is 14.2. The lowest BCUT2D eigenvalue weighted by Gasteiger charge is -2.02. The third-order valence-electron chi connectivity index (χ3n) is 0.946. The van der Waals surface area contributed by atoms with E-state index in [1.54, 1.807) is 0 Å². The first kappa shape index (κ1) is 16.1. The highest BCUT2D eigenvalue weighted by Crippen LogP contribution is 1.90. The number of carbonyl (C=O) groups is 3. The Kier molecular flexibility index (Phi) is 9.33. The highest BCUT2D eigenvalue weighted by Gasteiger charge is 2.05. The van der Waals surface area contributed by atoms with E-state index in [9.17, 15) is 9.59 Å². The molecule has 0 spiro atoms. The molecule has 5 N–H and O–H groups in total. The molecule has 16 heavy (non-hydrogen) atoms. The first-order valence-electron chi connectivity index (χ1n) is 4.09. The van der Waals surface area contributed by atoms with Crippen LogP contribution in [-0.4, -0.2) is 24.5 Å². The number of rotatable bonds is 4. The van der Waals surface area contributed by atoms with Crippen LogP contribution < -0.4 is 16.8 Å². The lowest BCUT2D eigenvalue weighted by Crippen LogP contribution is -2.24. The number of urea groups is 1. The van der Waals surface area contributed by atoms with Crippen LogP contribution in [0.25, 0.3) is 0 Å². The molecule has 0 rings (SSSR count). The summed E-state index contributed by atoms with van der Waals surface area (Å²) < 4.78 is 4.52. The number of amides is 3. The summed E-state index contributed by atoms with van der Waals surface area (Å²) in [4.78, 5) is 30.4. The molecule has 0 saturated heterocycles. The molecule has 0 aromatic carbocycles. The number of carbonyl (C=O) groups excluding carboxylic acids is 3. The Morgan fingerprint density at radius 3 is 2.12 bits per heavy atom. The summed E-state index contributed by atoms with van der Waals surface area (Å²) in [7, 11) is 0. The Bertz CT molecular complexity index is 295. The van der Waals surface area contributed by atoms with Gasteiger partial charge in [0.25, 0.3) is 5.91 Å². The Morgan fingerprint density at radius 2 is 1.81 bits per heavy atom. The zero-order chi connectivity index (χ0) is 13.1. The van der Waals surface area contributed by atoms with E-state index in [0.717, 1.165) is 0 Å². The predicted molar refractivity (Wildman–Crippen MR) is 57.9 cm³/mol. The van der Waals surface area contributed by atoms with E-state index < -0.39 is 17.9 Å². The number of nitrogens with one attached hydrogen (secondary N) is 1. The lowest BCUT2D eigenvalue weighted by molar-refractivity contribution is -0.144. The number of esters is 1. The molecule has 7 heteroatoms. The van der Waals surface area contributed by atoms with Crippen LogP contribution in [0.15, 0.2) is 24.9 Å². The summed E-state index contributed by atoms with van der Waals surface area (Å²) in [6.07, 6.45) is 1.22. The molecular weight excluding hydrogens is 214 g/mol. The minimum absolute atomic E-state index is 0.265. The van der Waals surface area contributed by atoms with Crippen molar-refractivity contribution in [3.8, 4) is 0 Å². The van der Waals surface area contributed by atoms with Gasteiger partial charge in [0.1, 0.15) is 0 Å². The van der Waals surface area contributed by atoms with Gasteiger partial charge >= 0.3 is 12.0 Å². The second-order valence-corrected chi connectivity index (χ2v) is 2.53. The molecular formula is C9H15N3O4. The minimum atomic E-state index is -0.833. The van der Waals surface area contributed by atoms with Gasteiger partial charge in [-0.3, -0.25) is 4.79 Å². The molecule has 0 aromatic rings. The van der Waals surface area contributed by atoms with Crippen LogP contribution in [-0.2, 0) is 14.3 Å². The van der Waals surface area contributed by atoms with Crippen LogP contribution in [0, 0.1) is 0 Å². The van der Waals surface area contributed by atoms with Crippen molar-refractivity contribution in [2.45, 2.75) is 6.92 Å². The van der Waals surface area contributed by atoms with Crippen molar-refractivity contribution < 1.29 is 19.1 Å². The zero-order valence-electron chi connectivity index (χ0n) is 8.99. The summed E-state index contributed by atoms with van der Waals surface area (Å²) in [6.45, 7) is 7.83. The predicted octanol–water partition coefficient (Wildman–Crippen LogP) is -0.611. The van der Waals surface area contributed by atoms with Crippen molar-refractivity contribution >= 4 is 17.9 Å². The zero-order valence-corrected chi connectivity index (χ0v) is 8.99. The van der Waals surface area contributed by atoms with E-state index >= 15 is 0 Å². The van der Waals surface area contributed by atoms with Gasteiger partial charge in [-0.05, 0) is 13.1 Å². The lowest BCUT2D eigenvalue weighted by atomic mass is 10.4. The topological polar surface area (TPSA) is 125 Å². The molecule has 0 saturated carbocycles. The SMILES string of the molecule is C=CNC(=O)COC(=O)C(=C)C.NC(N)=O. The number of hydrogen-bond donors (Lipinski definition) is 3.